The molecule has 1 fully saturated rings. The van der Waals surface area contributed by atoms with Gasteiger partial charge < -0.3 is 10.0 Å². The first kappa shape index (κ1) is 16.5. The third-order valence-corrected chi connectivity index (χ3v) is 4.62. The van der Waals surface area contributed by atoms with E-state index in [1.165, 1.54) is 5.56 Å². The summed E-state index contributed by atoms with van der Waals surface area (Å²) < 4.78 is 0. The van der Waals surface area contributed by atoms with E-state index in [0.29, 0.717) is 19.5 Å². The van der Waals surface area contributed by atoms with E-state index < -0.39 is 5.97 Å². The number of rotatable bonds is 6. The summed E-state index contributed by atoms with van der Waals surface area (Å²) in [6, 6.07) is 10.2. The highest BCUT2D eigenvalue weighted by atomic mass is 16.4. The van der Waals surface area contributed by atoms with Crippen LogP contribution in [0.3, 0.4) is 0 Å². The molecule has 0 aromatic heterocycles. The van der Waals surface area contributed by atoms with Crippen LogP contribution in [0.15, 0.2) is 30.3 Å². The van der Waals surface area contributed by atoms with Crippen molar-refractivity contribution in [2.75, 3.05) is 13.1 Å². The van der Waals surface area contributed by atoms with E-state index in [9.17, 15) is 9.59 Å². The third kappa shape index (κ3) is 4.58. The quantitative estimate of drug-likeness (QED) is 0.877. The smallest absolute Gasteiger partial charge is 0.303 e. The Morgan fingerprint density at radius 2 is 1.86 bits per heavy atom. The predicted molar refractivity (Wildman–Crippen MR) is 85.6 cm³/mol. The number of carboxylic acids is 1. The summed E-state index contributed by atoms with van der Waals surface area (Å²) in [7, 11) is 0. The molecule has 2 rings (SSSR count). The number of carboxylic acid groups (broad SMARTS) is 1. The molecule has 0 radical (unpaired) electrons. The molecule has 4 nitrogen and oxygen atoms in total. The average molecular weight is 303 g/mol. The molecule has 1 aromatic carbocycles. The Hall–Kier alpha value is -1.84. The van der Waals surface area contributed by atoms with Crippen molar-refractivity contribution in [3.05, 3.63) is 35.9 Å². The first-order valence-electron chi connectivity index (χ1n) is 8.14. The van der Waals surface area contributed by atoms with Crippen LogP contribution >= 0.6 is 0 Å². The normalized spacial score (nSPS) is 17.2. The first-order valence-corrected chi connectivity index (χ1v) is 8.14. The minimum atomic E-state index is -0.736. The Morgan fingerprint density at radius 1 is 1.23 bits per heavy atom. The molecule has 1 N–H and O–H groups in total. The second kappa shape index (κ2) is 7.97. The van der Waals surface area contributed by atoms with Gasteiger partial charge in [0.25, 0.3) is 0 Å². The molecule has 0 spiro atoms. The van der Waals surface area contributed by atoms with Crippen LogP contribution in [0.2, 0.25) is 0 Å². The molecule has 1 saturated heterocycles. The summed E-state index contributed by atoms with van der Waals surface area (Å²) in [4.78, 5) is 25.1. The fraction of sp³-hybridized carbons (Fsp3) is 0.556. The van der Waals surface area contributed by atoms with Gasteiger partial charge in [0.1, 0.15) is 0 Å². The van der Waals surface area contributed by atoms with E-state index in [4.69, 9.17) is 5.11 Å². The largest absolute Gasteiger partial charge is 0.481 e. The molecule has 0 bridgehead atoms. The maximum absolute atomic E-state index is 12.5. The number of likely N-dealkylation sites (tertiary alicyclic amines) is 1. The molecule has 120 valence electrons. The number of hydrogen-bond donors (Lipinski definition) is 1. The summed E-state index contributed by atoms with van der Waals surface area (Å²) in [5.41, 5.74) is 1.22. The zero-order chi connectivity index (χ0) is 15.9. The number of piperidine rings is 1. The zero-order valence-corrected chi connectivity index (χ0v) is 13.2. The lowest BCUT2D eigenvalue weighted by atomic mass is 9.90. The molecule has 4 heteroatoms. The summed E-state index contributed by atoms with van der Waals surface area (Å²) in [6.07, 6.45) is 3.33. The van der Waals surface area contributed by atoms with Crippen molar-refractivity contribution in [1.29, 1.82) is 0 Å². The molecule has 1 aliphatic rings. The minimum absolute atomic E-state index is 0.199. The van der Waals surface area contributed by atoms with Gasteiger partial charge in [0.05, 0.1) is 0 Å². The van der Waals surface area contributed by atoms with Crippen molar-refractivity contribution >= 4 is 11.9 Å². The van der Waals surface area contributed by atoms with E-state index in [1.807, 2.05) is 23.1 Å². The number of benzene rings is 1. The summed E-state index contributed by atoms with van der Waals surface area (Å²) in [6.45, 7) is 3.51. The lowest BCUT2D eigenvalue weighted by molar-refractivity contribution is -0.138. The van der Waals surface area contributed by atoms with Crippen molar-refractivity contribution < 1.29 is 14.7 Å². The van der Waals surface area contributed by atoms with Gasteiger partial charge >= 0.3 is 5.97 Å². The van der Waals surface area contributed by atoms with Crippen LogP contribution in [0.25, 0.3) is 0 Å². The average Bonchev–Trinajstić information content (AvgIpc) is 2.53. The molecular weight excluding hydrogens is 278 g/mol. The molecule has 1 aromatic rings. The number of nitrogens with zero attached hydrogens (tertiary/aromatic N) is 1. The van der Waals surface area contributed by atoms with Crippen LogP contribution in [0.1, 0.15) is 50.5 Å². The SMILES string of the molecule is CCC(CC(=O)N1CCC(CC(=O)O)CC1)c1ccccc1. The zero-order valence-electron chi connectivity index (χ0n) is 13.2. The van der Waals surface area contributed by atoms with Crippen molar-refractivity contribution in [3.8, 4) is 0 Å². The van der Waals surface area contributed by atoms with Gasteiger partial charge in [-0.05, 0) is 36.7 Å². The molecule has 1 aliphatic heterocycles. The molecule has 1 heterocycles. The highest BCUT2D eigenvalue weighted by Crippen LogP contribution is 2.26. The van der Waals surface area contributed by atoms with E-state index in [0.717, 1.165) is 19.3 Å². The second-order valence-electron chi connectivity index (χ2n) is 6.14. The maximum Gasteiger partial charge on any atom is 0.303 e. The Kier molecular flexibility index (Phi) is 5.99. The lowest BCUT2D eigenvalue weighted by Crippen LogP contribution is -2.39. The number of aliphatic carboxylic acids is 1. The van der Waals surface area contributed by atoms with Crippen LogP contribution in [0, 0.1) is 5.92 Å². The highest BCUT2D eigenvalue weighted by molar-refractivity contribution is 5.77. The fourth-order valence-electron chi connectivity index (χ4n) is 3.20. The van der Waals surface area contributed by atoms with Gasteiger partial charge in [0, 0.05) is 25.9 Å². The van der Waals surface area contributed by atoms with Gasteiger partial charge in [0.15, 0.2) is 0 Å². The monoisotopic (exact) mass is 303 g/mol. The van der Waals surface area contributed by atoms with Crippen LogP contribution in [0.5, 0.6) is 0 Å². The molecule has 1 amide bonds. The van der Waals surface area contributed by atoms with E-state index >= 15 is 0 Å². The lowest BCUT2D eigenvalue weighted by Gasteiger charge is -2.32. The van der Waals surface area contributed by atoms with Crippen LogP contribution in [0.4, 0.5) is 0 Å². The topological polar surface area (TPSA) is 57.6 Å². The van der Waals surface area contributed by atoms with Gasteiger partial charge in [-0.25, -0.2) is 0 Å². The predicted octanol–water partition coefficient (Wildman–Crippen LogP) is 3.28. The molecule has 1 unspecified atom stereocenters. The van der Waals surface area contributed by atoms with Crippen molar-refractivity contribution in [3.63, 3.8) is 0 Å². The molecule has 0 saturated carbocycles. The standard InChI is InChI=1S/C18H25NO3/c1-2-15(16-6-4-3-5-7-16)13-17(20)19-10-8-14(9-11-19)12-18(21)22/h3-7,14-15H,2,8-13H2,1H3,(H,21,22). The number of amides is 1. The van der Waals surface area contributed by atoms with Crippen LogP contribution in [-0.2, 0) is 9.59 Å². The van der Waals surface area contributed by atoms with Crippen LogP contribution < -0.4 is 0 Å². The van der Waals surface area contributed by atoms with E-state index in [2.05, 4.69) is 19.1 Å². The minimum Gasteiger partial charge on any atom is -0.481 e. The Bertz CT molecular complexity index is 492. The molecule has 1 atom stereocenters. The number of carbonyl (C=O) groups excluding carboxylic acids is 1. The molecular formula is C18H25NO3. The van der Waals surface area contributed by atoms with Gasteiger partial charge in [0.2, 0.25) is 5.91 Å². The van der Waals surface area contributed by atoms with Gasteiger partial charge in [-0.2, -0.15) is 0 Å². The van der Waals surface area contributed by atoms with Crippen molar-refractivity contribution in [2.24, 2.45) is 5.92 Å². The van der Waals surface area contributed by atoms with Gasteiger partial charge in [-0.3, -0.25) is 9.59 Å². The number of hydrogen-bond acceptors (Lipinski definition) is 2. The Labute approximate surface area is 132 Å². The summed E-state index contributed by atoms with van der Waals surface area (Å²) >= 11 is 0. The first-order chi connectivity index (χ1) is 10.6. The van der Waals surface area contributed by atoms with Gasteiger partial charge in [-0.1, -0.05) is 37.3 Å². The maximum atomic E-state index is 12.5. The van der Waals surface area contributed by atoms with Crippen LogP contribution in [-0.4, -0.2) is 35.0 Å². The van der Waals surface area contributed by atoms with Crippen molar-refractivity contribution in [2.45, 2.75) is 44.9 Å². The van der Waals surface area contributed by atoms with E-state index in [1.54, 1.807) is 0 Å². The fourth-order valence-corrected chi connectivity index (χ4v) is 3.20. The molecule has 0 aliphatic carbocycles. The Morgan fingerprint density at radius 3 is 2.41 bits per heavy atom. The number of carbonyl (C=O) groups is 2. The third-order valence-electron chi connectivity index (χ3n) is 4.62. The second-order valence-corrected chi connectivity index (χ2v) is 6.14. The Balaban J connectivity index is 1.86. The summed E-state index contributed by atoms with van der Waals surface area (Å²) in [5.74, 6) is -0.0486. The molecule has 22 heavy (non-hydrogen) atoms. The summed E-state index contributed by atoms with van der Waals surface area (Å²) in [5, 5.41) is 8.84. The van der Waals surface area contributed by atoms with Crippen molar-refractivity contribution in [1.82, 2.24) is 4.90 Å². The van der Waals surface area contributed by atoms with Gasteiger partial charge in [-0.15, -0.1) is 0 Å². The highest BCUT2D eigenvalue weighted by Gasteiger charge is 2.25. The van der Waals surface area contributed by atoms with E-state index in [-0.39, 0.29) is 24.2 Å².